The minimum absolute atomic E-state index is 0.0206. The number of aromatic hydroxyl groups is 1. The number of aryl methyl sites for hydroxylation is 1. The van der Waals surface area contributed by atoms with Crippen LogP contribution in [0.25, 0.3) is 0 Å². The van der Waals surface area contributed by atoms with Crippen LogP contribution in [0.2, 0.25) is 0 Å². The number of rotatable bonds is 7. The van der Waals surface area contributed by atoms with Crippen LogP contribution in [-0.2, 0) is 6.42 Å². The minimum Gasteiger partial charge on any atom is -0.508 e. The van der Waals surface area contributed by atoms with Crippen molar-refractivity contribution in [1.29, 1.82) is 0 Å². The van der Waals surface area contributed by atoms with Gasteiger partial charge in [0, 0.05) is 6.04 Å². The van der Waals surface area contributed by atoms with Gasteiger partial charge in [0.15, 0.2) is 0 Å². The lowest BCUT2D eigenvalue weighted by molar-refractivity contribution is 0.136. The monoisotopic (exact) mass is 285 g/mol. The van der Waals surface area contributed by atoms with Gasteiger partial charge in [-0.2, -0.15) is 0 Å². The zero-order chi connectivity index (χ0) is 15.1. The molecule has 0 bridgehead atoms. The smallest absolute Gasteiger partial charge is 0.115 e. The second kappa shape index (κ2) is 7.81. The highest BCUT2D eigenvalue weighted by Gasteiger charge is 2.14. The first-order chi connectivity index (χ1) is 10.2. The molecule has 0 saturated heterocycles. The predicted octanol–water partition coefficient (Wildman–Crippen LogP) is 3.04. The number of nitrogens with one attached hydrogen (secondary N) is 1. The number of aliphatic hydroxyl groups is 1. The lowest BCUT2D eigenvalue weighted by Gasteiger charge is -2.20. The average Bonchev–Trinajstić information content (AvgIpc) is 2.53. The molecule has 3 N–H and O–H groups in total. The predicted molar refractivity (Wildman–Crippen MR) is 85.3 cm³/mol. The fourth-order valence-corrected chi connectivity index (χ4v) is 2.34. The maximum absolute atomic E-state index is 10.2. The standard InChI is InChI=1S/C18H23NO2/c1-14(18(21)16-7-3-2-4-8-16)19-13-5-6-15-9-11-17(20)12-10-15/h2-4,7-12,14,18-21H,5-6,13H2,1H3. The molecule has 0 amide bonds. The quantitative estimate of drug-likeness (QED) is 0.685. The molecule has 2 aromatic rings. The van der Waals surface area contributed by atoms with Crippen molar-refractivity contribution in [2.75, 3.05) is 6.54 Å². The Labute approximate surface area is 126 Å². The van der Waals surface area contributed by atoms with Gasteiger partial charge in [0.1, 0.15) is 5.75 Å². The van der Waals surface area contributed by atoms with Gasteiger partial charge in [-0.15, -0.1) is 0 Å². The SMILES string of the molecule is CC(NCCCc1ccc(O)cc1)C(O)c1ccccc1. The Morgan fingerprint density at radius 3 is 2.33 bits per heavy atom. The van der Waals surface area contributed by atoms with Crippen LogP contribution in [0, 0.1) is 0 Å². The Balaban J connectivity index is 1.72. The molecule has 0 aliphatic rings. The minimum atomic E-state index is -0.486. The summed E-state index contributed by atoms with van der Waals surface area (Å²) in [6.07, 6.45) is 1.47. The van der Waals surface area contributed by atoms with Gasteiger partial charge >= 0.3 is 0 Å². The van der Waals surface area contributed by atoms with E-state index in [1.807, 2.05) is 49.4 Å². The maximum Gasteiger partial charge on any atom is 0.115 e. The Morgan fingerprint density at radius 1 is 1.00 bits per heavy atom. The van der Waals surface area contributed by atoms with Crippen molar-refractivity contribution in [2.45, 2.75) is 31.9 Å². The summed E-state index contributed by atoms with van der Waals surface area (Å²) in [5.41, 5.74) is 2.15. The zero-order valence-electron chi connectivity index (χ0n) is 12.4. The van der Waals surface area contributed by atoms with E-state index in [0.29, 0.717) is 5.75 Å². The van der Waals surface area contributed by atoms with Crippen molar-refractivity contribution in [3.05, 3.63) is 65.7 Å². The lowest BCUT2D eigenvalue weighted by atomic mass is 10.0. The fourth-order valence-electron chi connectivity index (χ4n) is 2.34. The molecule has 0 saturated carbocycles. The Morgan fingerprint density at radius 2 is 1.67 bits per heavy atom. The van der Waals surface area contributed by atoms with Crippen LogP contribution in [0.15, 0.2) is 54.6 Å². The van der Waals surface area contributed by atoms with E-state index >= 15 is 0 Å². The first-order valence-corrected chi connectivity index (χ1v) is 7.41. The second-order valence-electron chi connectivity index (χ2n) is 5.37. The van der Waals surface area contributed by atoms with Crippen molar-refractivity contribution in [2.24, 2.45) is 0 Å². The number of phenols is 1. The summed E-state index contributed by atoms with van der Waals surface area (Å²) in [5.74, 6) is 0.302. The third kappa shape index (κ3) is 4.88. The van der Waals surface area contributed by atoms with E-state index in [-0.39, 0.29) is 6.04 Å². The van der Waals surface area contributed by atoms with Crippen molar-refractivity contribution in [3.63, 3.8) is 0 Å². The summed E-state index contributed by atoms with van der Waals surface area (Å²) >= 11 is 0. The van der Waals surface area contributed by atoms with Crippen LogP contribution in [0.4, 0.5) is 0 Å². The average molecular weight is 285 g/mol. The van der Waals surface area contributed by atoms with Gasteiger partial charge in [-0.3, -0.25) is 0 Å². The fraction of sp³-hybridized carbons (Fsp3) is 0.333. The largest absolute Gasteiger partial charge is 0.508 e. The molecule has 2 atom stereocenters. The van der Waals surface area contributed by atoms with E-state index in [2.05, 4.69) is 5.32 Å². The third-order valence-electron chi connectivity index (χ3n) is 3.66. The molecule has 0 spiro atoms. The van der Waals surface area contributed by atoms with Gasteiger partial charge in [-0.25, -0.2) is 0 Å². The summed E-state index contributed by atoms with van der Waals surface area (Å²) in [6, 6.07) is 17.0. The van der Waals surface area contributed by atoms with Crippen LogP contribution in [0.5, 0.6) is 5.75 Å². The van der Waals surface area contributed by atoms with Crippen molar-refractivity contribution in [3.8, 4) is 5.75 Å². The molecule has 21 heavy (non-hydrogen) atoms. The summed E-state index contributed by atoms with van der Waals surface area (Å²) in [5, 5.41) is 22.8. The van der Waals surface area contributed by atoms with Crippen molar-refractivity contribution < 1.29 is 10.2 Å². The molecule has 0 heterocycles. The highest BCUT2D eigenvalue weighted by molar-refractivity contribution is 5.25. The summed E-state index contributed by atoms with van der Waals surface area (Å²) in [7, 11) is 0. The molecule has 0 fully saturated rings. The summed E-state index contributed by atoms with van der Waals surface area (Å²) in [6.45, 7) is 2.85. The molecule has 2 aromatic carbocycles. The summed E-state index contributed by atoms with van der Waals surface area (Å²) < 4.78 is 0. The molecule has 3 nitrogen and oxygen atoms in total. The van der Waals surface area contributed by atoms with Gasteiger partial charge in [0.25, 0.3) is 0 Å². The van der Waals surface area contributed by atoms with E-state index in [0.717, 1.165) is 24.9 Å². The summed E-state index contributed by atoms with van der Waals surface area (Å²) in [4.78, 5) is 0. The molecule has 0 radical (unpaired) electrons. The Hall–Kier alpha value is -1.84. The second-order valence-corrected chi connectivity index (χ2v) is 5.37. The van der Waals surface area contributed by atoms with E-state index in [9.17, 15) is 10.2 Å². The normalized spacial score (nSPS) is 13.8. The number of phenolic OH excluding ortho intramolecular Hbond substituents is 1. The number of aliphatic hydroxyl groups excluding tert-OH is 1. The first-order valence-electron chi connectivity index (χ1n) is 7.41. The van der Waals surface area contributed by atoms with Gasteiger partial charge in [0.05, 0.1) is 6.10 Å². The van der Waals surface area contributed by atoms with Crippen LogP contribution in [0.3, 0.4) is 0 Å². The number of hydrogen-bond acceptors (Lipinski definition) is 3. The molecular formula is C18H23NO2. The van der Waals surface area contributed by atoms with Gasteiger partial charge in [-0.1, -0.05) is 42.5 Å². The highest BCUT2D eigenvalue weighted by Crippen LogP contribution is 2.16. The Kier molecular flexibility index (Phi) is 5.78. The van der Waals surface area contributed by atoms with Crippen molar-refractivity contribution >= 4 is 0 Å². The maximum atomic E-state index is 10.2. The first kappa shape index (κ1) is 15.5. The van der Waals surface area contributed by atoms with E-state index < -0.39 is 6.10 Å². The molecule has 2 rings (SSSR count). The molecule has 0 aliphatic heterocycles. The van der Waals surface area contributed by atoms with Gasteiger partial charge in [-0.05, 0) is 49.6 Å². The van der Waals surface area contributed by atoms with Crippen LogP contribution < -0.4 is 5.32 Å². The topological polar surface area (TPSA) is 52.5 Å². The van der Waals surface area contributed by atoms with E-state index in [4.69, 9.17) is 0 Å². The van der Waals surface area contributed by atoms with Crippen LogP contribution >= 0.6 is 0 Å². The molecule has 112 valence electrons. The van der Waals surface area contributed by atoms with Crippen LogP contribution in [0.1, 0.15) is 30.6 Å². The number of hydrogen-bond donors (Lipinski definition) is 3. The molecule has 2 unspecified atom stereocenters. The number of benzene rings is 2. The van der Waals surface area contributed by atoms with Crippen molar-refractivity contribution in [1.82, 2.24) is 5.32 Å². The third-order valence-corrected chi connectivity index (χ3v) is 3.66. The molecule has 0 aliphatic carbocycles. The highest BCUT2D eigenvalue weighted by atomic mass is 16.3. The van der Waals surface area contributed by atoms with Crippen LogP contribution in [-0.4, -0.2) is 22.8 Å². The Bertz CT molecular complexity index is 525. The lowest BCUT2D eigenvalue weighted by Crippen LogP contribution is -2.33. The molecule has 0 aromatic heterocycles. The van der Waals surface area contributed by atoms with E-state index in [1.54, 1.807) is 12.1 Å². The zero-order valence-corrected chi connectivity index (χ0v) is 12.4. The molecular weight excluding hydrogens is 262 g/mol. The molecule has 3 heteroatoms. The van der Waals surface area contributed by atoms with Gasteiger partial charge < -0.3 is 15.5 Å². The van der Waals surface area contributed by atoms with Gasteiger partial charge in [0.2, 0.25) is 0 Å². The van der Waals surface area contributed by atoms with E-state index in [1.165, 1.54) is 5.56 Å².